The van der Waals surface area contributed by atoms with Gasteiger partial charge in [-0.15, -0.1) is 14.5 Å². The third-order valence-corrected chi connectivity index (χ3v) is 14.3. The number of unbranched alkanes of at least 4 members (excludes halogenated alkanes) is 4. The summed E-state index contributed by atoms with van der Waals surface area (Å²) in [5, 5.41) is 16.7. The summed E-state index contributed by atoms with van der Waals surface area (Å²) in [5.74, 6) is -1.89. The molecule has 2 fully saturated rings. The fraction of sp³-hybridized carbons (Fsp3) is 0.275. The number of amides is 4. The number of rotatable bonds is 21. The molecule has 3 aliphatic rings. The third-order valence-electron chi connectivity index (χ3n) is 12.9. The number of hydrogen-bond donors (Lipinski definition) is 4. The third kappa shape index (κ3) is 10.9. The molecule has 2 saturated heterocycles. The van der Waals surface area contributed by atoms with Crippen LogP contribution in [0.4, 0.5) is 5.69 Å². The number of carbonyl (C=O) groups is 6. The van der Waals surface area contributed by atoms with Gasteiger partial charge in [0, 0.05) is 107 Å². The summed E-state index contributed by atoms with van der Waals surface area (Å²) in [7, 11) is -4.48. The second kappa shape index (κ2) is 21.5. The summed E-state index contributed by atoms with van der Waals surface area (Å²) in [6.07, 6.45) is 12.4. The summed E-state index contributed by atoms with van der Waals surface area (Å²) in [4.78, 5) is 91.9. The molecule has 3 aliphatic heterocycles. The molecule has 4 aromatic carbocycles. The number of benzene rings is 4. The van der Waals surface area contributed by atoms with Crippen molar-refractivity contribution in [3.8, 4) is 5.75 Å². The van der Waals surface area contributed by atoms with Crippen LogP contribution >= 0.6 is 12.0 Å². The largest absolute Gasteiger partial charge is 0.439 e. The summed E-state index contributed by atoms with van der Waals surface area (Å²) in [6.45, 7) is 0.937. The molecule has 388 valence electrons. The molecule has 75 heavy (non-hydrogen) atoms. The molecule has 7 aromatic rings. The number of carbonyl (C=O) groups excluding carboxylic acids is 6. The molecule has 22 nitrogen and oxygen atoms in total. The van der Waals surface area contributed by atoms with Crippen molar-refractivity contribution in [2.75, 3.05) is 11.4 Å². The van der Waals surface area contributed by atoms with Crippen LogP contribution < -0.4 is 14.2 Å². The number of H-pyrrole nitrogens is 2. The Morgan fingerprint density at radius 3 is 1.99 bits per heavy atom. The molecule has 0 unspecified atom stereocenters. The van der Waals surface area contributed by atoms with Crippen LogP contribution in [-0.2, 0) is 64.5 Å². The molecular weight excluding hydrogens is 1020 g/mol. The Morgan fingerprint density at radius 1 is 0.707 bits per heavy atom. The predicted octanol–water partition coefficient (Wildman–Crippen LogP) is 8.31. The van der Waals surface area contributed by atoms with Gasteiger partial charge < -0.3 is 33.7 Å². The van der Waals surface area contributed by atoms with E-state index in [0.29, 0.717) is 117 Å². The number of nitrogens with zero attached hydrogens (tertiary/aromatic N) is 4. The van der Waals surface area contributed by atoms with E-state index in [0.717, 1.165) is 39.5 Å². The van der Waals surface area contributed by atoms with E-state index in [1.165, 1.54) is 12.1 Å². The van der Waals surface area contributed by atoms with Crippen LogP contribution in [0.3, 0.4) is 0 Å². The first-order valence-electron chi connectivity index (χ1n) is 24.0. The number of aryl methyl sites for hydroxylation is 1. The Labute approximate surface area is 429 Å². The highest BCUT2D eigenvalue weighted by Gasteiger charge is 2.34. The SMILES string of the molecule is O=C(CCCCCN1/C(=C/C=C/C=C/c2oc3cc4[nH]c5ccc(S(=O)(=O)O)cc5c4cc3[n+]2CCCCCC(=O)ON2C(=O)CCC2=O)Oc2cc3[nH]c4ccc(SOOO)cc4c3cc21)ON1C(=O)CCC1=O. The molecule has 0 aliphatic carbocycles. The van der Waals surface area contributed by atoms with Crippen molar-refractivity contribution in [3.63, 3.8) is 0 Å². The van der Waals surface area contributed by atoms with Gasteiger partial charge in [0.15, 0.2) is 12.3 Å². The highest BCUT2D eigenvalue weighted by Crippen LogP contribution is 2.44. The Kier molecular flexibility index (Phi) is 14.5. The maximum atomic E-state index is 12.5. The Hall–Kier alpha value is -7.87. The van der Waals surface area contributed by atoms with Crippen LogP contribution in [0.15, 0.2) is 105 Å². The number of fused-ring (bicyclic) bond motifs is 8. The highest BCUT2D eigenvalue weighted by molar-refractivity contribution is 7.94. The number of oxazole rings is 1. The molecule has 6 heterocycles. The molecule has 3 aromatic heterocycles. The highest BCUT2D eigenvalue weighted by atomic mass is 32.2. The number of anilines is 1. The van der Waals surface area contributed by atoms with E-state index in [1.54, 1.807) is 18.2 Å². The second-order valence-corrected chi connectivity index (χ2v) is 20.1. The topological polar surface area (TPSA) is 281 Å². The molecule has 0 radical (unpaired) electrons. The van der Waals surface area contributed by atoms with Gasteiger partial charge in [0.05, 0.1) is 39.7 Å². The van der Waals surface area contributed by atoms with Crippen molar-refractivity contribution in [1.29, 1.82) is 0 Å². The monoisotopic (exact) mass is 1060 g/mol. The van der Waals surface area contributed by atoms with Crippen LogP contribution in [0.5, 0.6) is 5.75 Å². The van der Waals surface area contributed by atoms with Crippen LogP contribution in [0, 0.1) is 0 Å². The van der Waals surface area contributed by atoms with E-state index in [1.807, 2.05) is 70.2 Å². The van der Waals surface area contributed by atoms with Crippen LogP contribution in [-0.4, -0.2) is 80.4 Å². The van der Waals surface area contributed by atoms with E-state index < -0.39 is 45.7 Å². The van der Waals surface area contributed by atoms with Gasteiger partial charge >= 0.3 is 17.8 Å². The number of allylic oxidation sites excluding steroid dienone is 4. The predicted molar refractivity (Wildman–Crippen MR) is 268 cm³/mol. The first-order chi connectivity index (χ1) is 36.2. The average Bonchev–Trinajstić information content (AvgIpc) is 4.25. The molecule has 4 amide bonds. The van der Waals surface area contributed by atoms with E-state index in [4.69, 9.17) is 24.1 Å². The van der Waals surface area contributed by atoms with E-state index in [9.17, 15) is 41.7 Å². The number of hydrogen-bond acceptors (Lipinski definition) is 17. The maximum Gasteiger partial charge on any atom is 0.374 e. The fourth-order valence-corrected chi connectivity index (χ4v) is 10.2. The molecule has 0 spiro atoms. The van der Waals surface area contributed by atoms with Crippen molar-refractivity contribution in [3.05, 3.63) is 96.7 Å². The minimum Gasteiger partial charge on any atom is -0.439 e. The number of nitrogens with one attached hydrogen (secondary N) is 2. The molecule has 4 N–H and O–H groups in total. The lowest BCUT2D eigenvalue weighted by Gasteiger charge is -2.18. The zero-order valence-corrected chi connectivity index (χ0v) is 41.4. The van der Waals surface area contributed by atoms with Gasteiger partial charge in [-0.25, -0.2) is 14.8 Å². The van der Waals surface area contributed by atoms with Crippen molar-refractivity contribution < 1.29 is 79.8 Å². The summed E-state index contributed by atoms with van der Waals surface area (Å²) in [5.41, 5.74) is 5.05. The Balaban J connectivity index is 0.885. The number of aromatic nitrogens is 3. The zero-order valence-electron chi connectivity index (χ0n) is 39.8. The number of imide groups is 2. The summed E-state index contributed by atoms with van der Waals surface area (Å²) in [6, 6.07) is 17.6. The van der Waals surface area contributed by atoms with Gasteiger partial charge in [-0.1, -0.05) is 29.7 Å². The maximum absolute atomic E-state index is 12.5. The molecule has 0 bridgehead atoms. The molecule has 24 heteroatoms. The summed E-state index contributed by atoms with van der Waals surface area (Å²) >= 11 is 0.849. The number of aromatic amines is 2. The quantitative estimate of drug-likeness (QED) is 0.00769. The normalized spacial score (nSPS) is 15.8. The smallest absolute Gasteiger partial charge is 0.374 e. The first kappa shape index (κ1) is 50.7. The first-order valence-corrected chi connectivity index (χ1v) is 26.2. The van der Waals surface area contributed by atoms with Crippen molar-refractivity contribution in [2.45, 2.75) is 93.4 Å². The lowest BCUT2D eigenvalue weighted by atomic mass is 10.1. The minimum absolute atomic E-state index is 0.00184. The molecule has 0 saturated carbocycles. The lowest BCUT2D eigenvalue weighted by Crippen LogP contribution is -2.35. The standard InChI is InChI=1S/C51H46N6O16S2/c58-44-18-19-45(59)56(44)70-50(62)12-6-2-8-22-54-40-26-34-32-24-30(74-73-72-64)14-16-36(32)52-38(34)28-42(40)68-48(54)10-4-1-5-11-49-55(23-9-3-7-13-51(63)71-57-46(60)20-21-47(57)61)41-27-35-33-25-31(75(65,66)67)15-17-37(33)53-39(35)29-43(41)69-49/h1,4-5,10-11,14-17,24-29,52-53H,2-3,6-9,12-13,18-23H2,(H-,64,65,66,67)/p+1. The molecule has 0 atom stereocenters. The number of ether oxygens (including phenoxy) is 1. The van der Waals surface area contributed by atoms with Gasteiger partial charge in [0.2, 0.25) is 11.5 Å². The van der Waals surface area contributed by atoms with E-state index >= 15 is 0 Å². The van der Waals surface area contributed by atoms with Gasteiger partial charge in [0.25, 0.3) is 39.3 Å². The Morgan fingerprint density at radius 2 is 1.32 bits per heavy atom. The van der Waals surface area contributed by atoms with Crippen molar-refractivity contribution in [2.24, 2.45) is 0 Å². The van der Waals surface area contributed by atoms with Gasteiger partial charge in [0.1, 0.15) is 0 Å². The van der Waals surface area contributed by atoms with Crippen molar-refractivity contribution in [1.82, 2.24) is 20.1 Å². The van der Waals surface area contributed by atoms with E-state index in [2.05, 4.69) is 19.3 Å². The van der Waals surface area contributed by atoms with Gasteiger partial charge in [-0.05, 0) is 74.2 Å². The fourth-order valence-electron chi connectivity index (χ4n) is 9.31. The molecular formula is C51H47N6O16S2+. The Bertz CT molecular complexity index is 3660. The second-order valence-electron chi connectivity index (χ2n) is 17.9. The summed E-state index contributed by atoms with van der Waals surface area (Å²) < 4.78 is 53.5. The van der Waals surface area contributed by atoms with Crippen molar-refractivity contribution >= 4 is 124 Å². The average molecular weight is 1060 g/mol. The number of hydroxylamine groups is 4. The molecule has 10 rings (SSSR count). The van der Waals surface area contributed by atoms with Crippen LogP contribution in [0.2, 0.25) is 0 Å². The van der Waals surface area contributed by atoms with Crippen LogP contribution in [0.25, 0.3) is 60.8 Å². The zero-order chi connectivity index (χ0) is 52.4. The lowest BCUT2D eigenvalue weighted by molar-refractivity contribution is -0.678. The van der Waals surface area contributed by atoms with Gasteiger partial charge in [-0.3, -0.25) is 23.7 Å². The van der Waals surface area contributed by atoms with E-state index in [-0.39, 0.29) is 43.4 Å². The minimum atomic E-state index is -4.48. The van der Waals surface area contributed by atoms with Gasteiger partial charge in [-0.2, -0.15) is 13.0 Å². The van der Waals surface area contributed by atoms with Crippen LogP contribution in [0.1, 0.15) is 82.9 Å².